The Morgan fingerprint density at radius 2 is 1.18 bits per heavy atom. The van der Waals surface area contributed by atoms with E-state index >= 15 is 28.8 Å². The van der Waals surface area contributed by atoms with E-state index in [1.807, 2.05) is 0 Å². The van der Waals surface area contributed by atoms with Gasteiger partial charge in [-0.15, -0.1) is 0 Å². The van der Waals surface area contributed by atoms with Crippen LogP contribution >= 0.6 is 23.2 Å². The third-order valence-electron chi connectivity index (χ3n) is 18.5. The maximum atomic E-state index is 16.3. The van der Waals surface area contributed by atoms with Crippen LogP contribution in [-0.4, -0.2) is 157 Å². The van der Waals surface area contributed by atoms with E-state index in [2.05, 4.69) is 42.5 Å². The molecule has 7 amide bonds. The van der Waals surface area contributed by atoms with Gasteiger partial charge in [0.2, 0.25) is 47.1 Å². The summed E-state index contributed by atoms with van der Waals surface area (Å²) in [5.41, 5.74) is -5.26. The summed E-state index contributed by atoms with van der Waals surface area (Å²) in [6.45, 7) is 0.0237. The molecule has 0 aromatic heterocycles. The lowest BCUT2D eigenvalue weighted by molar-refractivity contribution is -0.284. The molecule has 7 heterocycles. The van der Waals surface area contributed by atoms with Crippen LogP contribution in [0.3, 0.4) is 0 Å². The average molecular weight is 1530 g/mol. The Bertz CT molecular complexity index is 5150. The number of halogens is 2. The Kier molecular flexibility index (Phi) is 20.2. The lowest BCUT2D eigenvalue weighted by atomic mass is 9.89. The van der Waals surface area contributed by atoms with Gasteiger partial charge in [0.15, 0.2) is 41.1 Å². The lowest BCUT2D eigenvalue weighted by Crippen LogP contribution is -2.65. The van der Waals surface area contributed by atoms with Crippen molar-refractivity contribution in [1.82, 2.24) is 37.2 Å². The van der Waals surface area contributed by atoms with Gasteiger partial charge < -0.3 is 122 Å². The highest BCUT2D eigenvalue weighted by Gasteiger charge is 2.50. The Balaban J connectivity index is 1.03. The first-order valence-electron chi connectivity index (χ1n) is 32.6. The monoisotopic (exact) mass is 1520 g/mol. The van der Waals surface area contributed by atoms with Crippen LogP contribution in [0.2, 0.25) is 10.0 Å². The van der Waals surface area contributed by atoms with Crippen molar-refractivity contribution in [3.63, 3.8) is 0 Å². The number of rotatable bonds is 8. The Hall–Kier alpha value is -12.4. The molecule has 560 valence electrons. The highest BCUT2D eigenvalue weighted by molar-refractivity contribution is 6.32. The highest BCUT2D eigenvalue weighted by Crippen LogP contribution is 2.49. The first-order chi connectivity index (χ1) is 51.5. The number of esters is 1. The van der Waals surface area contributed by atoms with Crippen LogP contribution in [0.25, 0.3) is 11.1 Å². The normalized spacial score (nSPS) is 24.1. The molecule has 13 atom stereocenters. The zero-order chi connectivity index (χ0) is 77.2. The summed E-state index contributed by atoms with van der Waals surface area (Å²) in [5.74, 6) is -17.6. The molecule has 8 aromatic carbocycles. The number of hydrogen-bond acceptors (Lipinski definition) is 27. The first-order valence-corrected chi connectivity index (χ1v) is 33.4. The second-order valence-corrected chi connectivity index (χ2v) is 26.3. The number of amides is 7. The second kappa shape index (κ2) is 29.5. The predicted octanol–water partition coefficient (Wildman–Crippen LogP) is 2.80. The third-order valence-corrected chi connectivity index (χ3v) is 19.0. The van der Waals surface area contributed by atoms with Gasteiger partial charge in [-0.2, -0.15) is 0 Å². The number of anilines is 1. The zero-order valence-corrected chi connectivity index (χ0v) is 57.6. The maximum Gasteiger partial charge on any atom is 0.333 e. The van der Waals surface area contributed by atoms with Crippen molar-refractivity contribution in [2.75, 3.05) is 26.1 Å². The van der Waals surface area contributed by atoms with Gasteiger partial charge in [-0.25, -0.2) is 4.79 Å². The molecule has 0 spiro atoms. The smallest absolute Gasteiger partial charge is 0.333 e. The second-order valence-electron chi connectivity index (χ2n) is 25.5. The van der Waals surface area contributed by atoms with Gasteiger partial charge in [0.25, 0.3) is 10.9 Å². The maximum absolute atomic E-state index is 16.3. The fourth-order valence-electron chi connectivity index (χ4n) is 13.2. The molecule has 1 fully saturated rings. The molecule has 15 rings (SSSR count). The third kappa shape index (κ3) is 14.2. The molecule has 8 aromatic rings. The van der Waals surface area contributed by atoms with E-state index in [4.69, 9.17) is 56.4 Å². The fourth-order valence-corrected chi connectivity index (χ4v) is 13.6. The molecule has 108 heavy (non-hydrogen) atoms. The van der Waals surface area contributed by atoms with Crippen LogP contribution < -0.4 is 72.3 Å². The molecule has 36 heteroatoms. The summed E-state index contributed by atoms with van der Waals surface area (Å²) in [7, 11) is 2.01. The number of aliphatic hydroxyl groups is 3. The molecule has 1 saturated heterocycles. The van der Waals surface area contributed by atoms with Gasteiger partial charge in [-0.3, -0.25) is 43.2 Å². The summed E-state index contributed by atoms with van der Waals surface area (Å²) in [5, 5.41) is 123. The number of carbonyl (C=O) groups excluding carboxylic acids is 8. The van der Waals surface area contributed by atoms with E-state index in [1.165, 1.54) is 30.3 Å². The van der Waals surface area contributed by atoms with Crippen LogP contribution in [0.15, 0.2) is 125 Å². The lowest BCUT2D eigenvalue weighted by Gasteiger charge is -2.44. The molecule has 34 nitrogen and oxygen atoms in total. The molecular formula is C72H62Cl2N8O26. The number of phenols is 6. The molecule has 0 saturated carbocycles. The number of ether oxygens (including phenoxy) is 7. The van der Waals surface area contributed by atoms with Crippen LogP contribution in [0.4, 0.5) is 5.69 Å². The first kappa shape index (κ1) is 73.9. The van der Waals surface area contributed by atoms with Gasteiger partial charge in [-0.1, -0.05) is 47.5 Å². The van der Waals surface area contributed by atoms with Gasteiger partial charge in [-0.05, 0) is 112 Å². The number of carbonyl (C=O) groups is 8. The minimum absolute atomic E-state index is 0.0522. The number of benzene rings is 7. The molecule has 7 aliphatic heterocycles. The summed E-state index contributed by atoms with van der Waals surface area (Å²) < 4.78 is 41.7. The molecule has 17 bridgehead atoms. The minimum Gasteiger partial charge on any atom is -0.508 e. The molecule has 17 N–H and O–H groups in total. The van der Waals surface area contributed by atoms with E-state index in [-0.39, 0.29) is 50.1 Å². The quantitative estimate of drug-likeness (QED) is 0.0768. The van der Waals surface area contributed by atoms with E-state index in [1.54, 1.807) is 0 Å². The Labute approximate surface area is 617 Å². The number of methoxy groups -OCH3 is 2. The van der Waals surface area contributed by atoms with E-state index in [9.17, 15) is 65.1 Å². The van der Waals surface area contributed by atoms with E-state index in [0.717, 1.165) is 106 Å². The zero-order valence-electron chi connectivity index (χ0n) is 56.1. The molecular weight excluding hydrogens is 1460 g/mol. The predicted molar refractivity (Wildman–Crippen MR) is 371 cm³/mol. The standard InChI is InChI=1S/C72H62Cl2N8O26/c1-25(84)75-56-61(93)59(91)48(24-83)107-72(56)108-63-29-7-11-44(38(74)17-29)106-47-20-31-19-46(58(47)90)105-43-10-4-26(12-37(43)73)13-39-65(95)78-52(30-14-32(85)21-34(15-30)104-45-18-28(6-9-41(45)88)50(66(96)76-39)77-55-60(92)62(94)64(55)102-2)68(98)80-53(31)69(99)79-51-27-5-8-40(87)35(16-27)49-36(22-33(86)23-42(49)89)54(71(101)103-3)81-70(100)57(63)82-67(51)97/h4-12,14-23,39,48,50-54,56-57,59,61,63,72,77,83,85-91,93H,13,24H2,1-3H3,(H,75,84)(H,76,96)(H,78,95)(H,79,99)(H,80,98)(H,81,100)(H,82,97)/t39-,48-,50-,51-,52+,53-,54-,56-,57+,59-,61-,63-,72+/m1/s1. The molecule has 0 unspecified atom stereocenters. The van der Waals surface area contributed by atoms with E-state index in [0.29, 0.717) is 0 Å². The van der Waals surface area contributed by atoms with Crippen LogP contribution in [0.1, 0.15) is 82.2 Å². The number of aliphatic hydroxyl groups excluding tert-OH is 3. The van der Waals surface area contributed by atoms with Gasteiger partial charge >= 0.3 is 5.97 Å². The highest BCUT2D eigenvalue weighted by atomic mass is 35.5. The van der Waals surface area contributed by atoms with Gasteiger partial charge in [0.1, 0.15) is 113 Å². The van der Waals surface area contributed by atoms with Crippen molar-refractivity contribution in [3.05, 3.63) is 185 Å². The Morgan fingerprint density at radius 1 is 0.565 bits per heavy atom. The molecule has 7 aliphatic rings. The van der Waals surface area contributed by atoms with Crippen molar-refractivity contribution in [2.45, 2.75) is 92.4 Å². The minimum atomic E-state index is -2.36. The Morgan fingerprint density at radius 3 is 1.83 bits per heavy atom. The van der Waals surface area contributed by atoms with Crippen LogP contribution in [-0.2, 0) is 59.0 Å². The van der Waals surface area contributed by atoms with E-state index < -0.39 is 241 Å². The van der Waals surface area contributed by atoms with Crippen LogP contribution in [0, 0.1) is 0 Å². The summed E-state index contributed by atoms with van der Waals surface area (Å²) >= 11 is 14.1. The summed E-state index contributed by atoms with van der Waals surface area (Å²) in [6.07, 6.45) is -10.3. The summed E-state index contributed by atoms with van der Waals surface area (Å²) in [4.78, 5) is 147. The van der Waals surface area contributed by atoms with Gasteiger partial charge in [0.05, 0.1) is 30.9 Å². The SMILES string of the molecule is COC(=O)[C@@H]1NC(=O)[C@H]2NC(=O)[C@H](NC(=O)[C@@H]3NC(=O)[C@H]4NC(=O)[C@@H](Cc5ccc(c(Cl)c5)Oc5cc3cc(c5O)Oc3ccc(cc3Cl)[C@H]2O[C@@H]2O[C@H](CO)[C@@H](O)[C@H](O)[C@H]2NC(C)=O)NC(=O)[C@H](Nc2c(OC)c(=O)c2=O)c2ccc(O)c(c2)Oc2cc(O)cc4c2)c2ccc(O)c(c2)-c2c(O)cc(O)cc21. The number of fused-ring (bicyclic) bond motifs is 14. The number of nitrogens with one attached hydrogen (secondary N) is 8. The van der Waals surface area contributed by atoms with Crippen molar-refractivity contribution in [3.8, 4) is 85.9 Å². The van der Waals surface area contributed by atoms with Crippen molar-refractivity contribution < 1.29 is 117 Å². The van der Waals surface area contributed by atoms with Gasteiger partial charge in [0, 0.05) is 42.2 Å². The van der Waals surface area contributed by atoms with Crippen molar-refractivity contribution in [2.24, 2.45) is 0 Å². The van der Waals surface area contributed by atoms with Crippen molar-refractivity contribution in [1.29, 1.82) is 0 Å². The topological polar surface area (TPSA) is 514 Å². The van der Waals surface area contributed by atoms with Crippen molar-refractivity contribution >= 4 is 76.2 Å². The average Bonchev–Trinajstić information content (AvgIpc) is 0.772. The summed E-state index contributed by atoms with van der Waals surface area (Å²) in [6, 6.07) is 4.38. The number of hydrogen-bond donors (Lipinski definition) is 17. The molecule has 0 aliphatic carbocycles. The fraction of sp³-hybridized carbons (Fsp3) is 0.250. The number of phenolic OH excluding ortho intramolecular Hbond substituents is 6. The largest absolute Gasteiger partial charge is 0.508 e. The number of aromatic hydroxyl groups is 6. The van der Waals surface area contributed by atoms with Crippen LogP contribution in [0.5, 0.6) is 74.7 Å². The molecule has 0 radical (unpaired) electrons.